The summed E-state index contributed by atoms with van der Waals surface area (Å²) in [6.45, 7) is 7.34. The van der Waals surface area contributed by atoms with Crippen LogP contribution < -0.4 is 5.32 Å². The lowest BCUT2D eigenvalue weighted by Gasteiger charge is -2.32. The Morgan fingerprint density at radius 3 is 2.07 bits per heavy atom. The Bertz CT molecular complexity index is 921. The molecule has 2 nitrogen and oxygen atoms in total. The molecular formula is C25H27ClN2S. The van der Waals surface area contributed by atoms with Crippen molar-refractivity contribution < 1.29 is 0 Å². The van der Waals surface area contributed by atoms with Gasteiger partial charge in [-0.15, -0.1) is 0 Å². The summed E-state index contributed by atoms with van der Waals surface area (Å²) in [5, 5.41) is 4.77. The Hall–Kier alpha value is -2.36. The molecule has 0 aliphatic carbocycles. The molecule has 0 amide bonds. The van der Waals surface area contributed by atoms with Gasteiger partial charge < -0.3 is 10.2 Å². The van der Waals surface area contributed by atoms with Crippen molar-refractivity contribution in [2.45, 2.75) is 39.3 Å². The fraction of sp³-hybridized carbons (Fsp3) is 0.240. The lowest BCUT2D eigenvalue weighted by molar-refractivity contribution is 0.334. The first-order chi connectivity index (χ1) is 13.9. The van der Waals surface area contributed by atoms with E-state index in [0.29, 0.717) is 16.1 Å². The lowest BCUT2D eigenvalue weighted by atomic mass is 10.0. The van der Waals surface area contributed by atoms with Crippen molar-refractivity contribution in [1.29, 1.82) is 0 Å². The predicted octanol–water partition coefficient (Wildman–Crippen LogP) is 7.42. The van der Waals surface area contributed by atoms with Crippen LogP contribution >= 0.6 is 23.8 Å². The maximum Gasteiger partial charge on any atom is 0.174 e. The minimum atomic E-state index is 0.133. The van der Waals surface area contributed by atoms with Crippen molar-refractivity contribution in [3.05, 3.63) is 101 Å². The van der Waals surface area contributed by atoms with Gasteiger partial charge in [0.2, 0.25) is 0 Å². The van der Waals surface area contributed by atoms with Crippen molar-refractivity contribution in [3.8, 4) is 0 Å². The third kappa shape index (κ3) is 5.81. The van der Waals surface area contributed by atoms with Gasteiger partial charge in [-0.1, -0.05) is 80.0 Å². The van der Waals surface area contributed by atoms with Crippen molar-refractivity contribution >= 4 is 34.6 Å². The van der Waals surface area contributed by atoms with Gasteiger partial charge in [0.25, 0.3) is 0 Å². The van der Waals surface area contributed by atoms with E-state index in [0.717, 1.165) is 12.2 Å². The minimum absolute atomic E-state index is 0.133. The number of anilines is 1. The summed E-state index contributed by atoms with van der Waals surface area (Å²) in [5.41, 5.74) is 4.74. The monoisotopic (exact) mass is 422 g/mol. The summed E-state index contributed by atoms with van der Waals surface area (Å²) < 4.78 is 0. The third-order valence-corrected chi connectivity index (χ3v) is 5.69. The average molecular weight is 423 g/mol. The number of thiocarbonyl (C=S) groups is 1. The van der Waals surface area contributed by atoms with Gasteiger partial charge in [0.05, 0.1) is 6.04 Å². The standard InChI is InChI=1S/C25H27ClN2S/c1-18(2)21-11-9-20(10-12-21)17-28(19(3)22-7-5-4-6-8-22)25(29)27-24-15-13-23(26)14-16-24/h4-16,18-19H,17H2,1-3H3,(H,27,29)/t19-/m1/s1. The van der Waals surface area contributed by atoms with Crippen LogP contribution in [-0.2, 0) is 6.54 Å². The fourth-order valence-corrected chi connectivity index (χ4v) is 3.70. The molecule has 29 heavy (non-hydrogen) atoms. The van der Waals surface area contributed by atoms with Crippen molar-refractivity contribution in [1.82, 2.24) is 4.90 Å². The van der Waals surface area contributed by atoms with Gasteiger partial charge in [-0.25, -0.2) is 0 Å². The van der Waals surface area contributed by atoms with E-state index in [1.807, 2.05) is 30.3 Å². The Labute approximate surface area is 184 Å². The molecule has 0 unspecified atom stereocenters. The highest BCUT2D eigenvalue weighted by molar-refractivity contribution is 7.80. The van der Waals surface area contributed by atoms with E-state index in [9.17, 15) is 0 Å². The number of halogens is 1. The Morgan fingerprint density at radius 1 is 0.862 bits per heavy atom. The molecule has 0 aliphatic rings. The van der Waals surface area contributed by atoms with E-state index in [4.69, 9.17) is 23.8 Å². The first kappa shape index (κ1) is 21.4. The molecule has 1 N–H and O–H groups in total. The summed E-state index contributed by atoms with van der Waals surface area (Å²) in [7, 11) is 0. The number of nitrogens with one attached hydrogen (secondary N) is 1. The van der Waals surface area contributed by atoms with Crippen LogP contribution in [0.2, 0.25) is 5.02 Å². The van der Waals surface area contributed by atoms with Crippen LogP contribution in [0, 0.1) is 0 Å². The van der Waals surface area contributed by atoms with Gasteiger partial charge in [-0.2, -0.15) is 0 Å². The van der Waals surface area contributed by atoms with Crippen LogP contribution in [0.3, 0.4) is 0 Å². The van der Waals surface area contributed by atoms with Gasteiger partial charge in [0, 0.05) is 17.3 Å². The highest BCUT2D eigenvalue weighted by Crippen LogP contribution is 2.25. The summed E-state index contributed by atoms with van der Waals surface area (Å²) in [4.78, 5) is 2.23. The molecule has 4 heteroatoms. The molecule has 0 aliphatic heterocycles. The van der Waals surface area contributed by atoms with Crippen LogP contribution in [0.5, 0.6) is 0 Å². The van der Waals surface area contributed by atoms with Crippen molar-refractivity contribution in [2.24, 2.45) is 0 Å². The summed E-state index contributed by atoms with van der Waals surface area (Å²) in [5.74, 6) is 0.524. The molecule has 0 saturated carbocycles. The highest BCUT2D eigenvalue weighted by atomic mass is 35.5. The molecule has 3 aromatic rings. The van der Waals surface area contributed by atoms with E-state index < -0.39 is 0 Å². The van der Waals surface area contributed by atoms with Crippen molar-refractivity contribution in [3.63, 3.8) is 0 Å². The second-order valence-corrected chi connectivity index (χ2v) is 8.37. The Morgan fingerprint density at radius 2 is 1.48 bits per heavy atom. The molecule has 0 bridgehead atoms. The summed E-state index contributed by atoms with van der Waals surface area (Å²) in [6.07, 6.45) is 0. The van der Waals surface area contributed by atoms with E-state index in [-0.39, 0.29) is 6.04 Å². The first-order valence-corrected chi connectivity index (χ1v) is 10.7. The molecule has 0 aromatic heterocycles. The zero-order valence-electron chi connectivity index (χ0n) is 17.1. The van der Waals surface area contributed by atoms with E-state index in [1.165, 1.54) is 16.7 Å². The molecule has 0 saturated heterocycles. The molecule has 3 aromatic carbocycles. The van der Waals surface area contributed by atoms with Crippen molar-refractivity contribution in [2.75, 3.05) is 5.32 Å². The molecule has 0 heterocycles. The predicted molar refractivity (Wildman–Crippen MR) is 129 cm³/mol. The largest absolute Gasteiger partial charge is 0.338 e. The smallest absolute Gasteiger partial charge is 0.174 e. The van der Waals surface area contributed by atoms with E-state index in [1.54, 1.807) is 0 Å². The molecule has 3 rings (SSSR count). The minimum Gasteiger partial charge on any atom is -0.338 e. The van der Waals surface area contributed by atoms with Gasteiger partial charge in [0.15, 0.2) is 5.11 Å². The van der Waals surface area contributed by atoms with Crippen LogP contribution in [0.1, 0.15) is 49.4 Å². The topological polar surface area (TPSA) is 15.3 Å². The third-order valence-electron chi connectivity index (χ3n) is 5.11. The normalized spacial score (nSPS) is 11.9. The highest BCUT2D eigenvalue weighted by Gasteiger charge is 2.19. The molecule has 1 atom stereocenters. The Balaban J connectivity index is 1.84. The second kappa shape index (κ2) is 9.91. The first-order valence-electron chi connectivity index (χ1n) is 9.91. The molecule has 150 valence electrons. The average Bonchev–Trinajstić information content (AvgIpc) is 2.74. The van der Waals surface area contributed by atoms with Crippen LogP contribution in [-0.4, -0.2) is 10.0 Å². The van der Waals surface area contributed by atoms with Gasteiger partial charge >= 0.3 is 0 Å². The van der Waals surface area contributed by atoms with Gasteiger partial charge in [-0.3, -0.25) is 0 Å². The van der Waals surface area contributed by atoms with Gasteiger partial charge in [-0.05, 0) is 66.0 Å². The second-order valence-electron chi connectivity index (χ2n) is 7.55. The number of rotatable bonds is 6. The molecule has 0 spiro atoms. The lowest BCUT2D eigenvalue weighted by Crippen LogP contribution is -2.36. The maximum absolute atomic E-state index is 6.01. The summed E-state index contributed by atoms with van der Waals surface area (Å²) >= 11 is 11.8. The molecule has 0 radical (unpaired) electrons. The van der Waals surface area contributed by atoms with Crippen LogP contribution in [0.25, 0.3) is 0 Å². The zero-order valence-corrected chi connectivity index (χ0v) is 18.7. The number of benzene rings is 3. The zero-order chi connectivity index (χ0) is 20.8. The summed E-state index contributed by atoms with van der Waals surface area (Å²) in [6, 6.07) is 27.0. The number of hydrogen-bond acceptors (Lipinski definition) is 1. The maximum atomic E-state index is 6.01. The Kier molecular flexibility index (Phi) is 7.29. The SMILES string of the molecule is CC(C)c1ccc(CN(C(=S)Nc2ccc(Cl)cc2)[C@H](C)c2ccccc2)cc1. The fourth-order valence-electron chi connectivity index (χ4n) is 3.23. The van der Waals surface area contributed by atoms with Crippen LogP contribution in [0.15, 0.2) is 78.9 Å². The van der Waals surface area contributed by atoms with Gasteiger partial charge in [0.1, 0.15) is 0 Å². The van der Waals surface area contributed by atoms with E-state index in [2.05, 4.69) is 79.5 Å². The quantitative estimate of drug-likeness (QED) is 0.416. The van der Waals surface area contributed by atoms with Crippen LogP contribution in [0.4, 0.5) is 5.69 Å². The number of nitrogens with zero attached hydrogens (tertiary/aromatic N) is 1. The molecule has 0 fully saturated rings. The number of hydrogen-bond donors (Lipinski definition) is 1. The van der Waals surface area contributed by atoms with E-state index >= 15 is 0 Å². The molecular weight excluding hydrogens is 396 g/mol.